The average Bonchev–Trinajstić information content (AvgIpc) is 3.23. The van der Waals surface area contributed by atoms with Gasteiger partial charge >= 0.3 is 6.18 Å². The minimum Gasteiger partial charge on any atom is -0.484 e. The van der Waals surface area contributed by atoms with Crippen LogP contribution in [0.2, 0.25) is 0 Å². The van der Waals surface area contributed by atoms with Gasteiger partial charge in [-0.3, -0.25) is 4.79 Å². The van der Waals surface area contributed by atoms with Crippen LogP contribution in [-0.4, -0.2) is 33.2 Å². The van der Waals surface area contributed by atoms with Crippen LogP contribution in [0.25, 0.3) is 0 Å². The van der Waals surface area contributed by atoms with Crippen molar-refractivity contribution in [2.24, 2.45) is 0 Å². The number of carbonyl (C=O) groups excluding carboxylic acids is 1. The van der Waals surface area contributed by atoms with E-state index in [9.17, 15) is 22.4 Å². The molecule has 12 heteroatoms. The molecule has 3 aliphatic rings. The first-order valence-corrected chi connectivity index (χ1v) is 10.8. The van der Waals surface area contributed by atoms with E-state index in [4.69, 9.17) is 14.0 Å². The van der Waals surface area contributed by atoms with Crippen LogP contribution in [0.15, 0.2) is 41.1 Å². The summed E-state index contributed by atoms with van der Waals surface area (Å²) in [6.07, 6.45) is -1.63. The maximum Gasteiger partial charge on any atom is 0.433 e. The van der Waals surface area contributed by atoms with Gasteiger partial charge in [-0.2, -0.15) is 18.2 Å². The van der Waals surface area contributed by atoms with Crippen LogP contribution >= 0.6 is 0 Å². The van der Waals surface area contributed by atoms with Crippen molar-refractivity contribution in [3.63, 3.8) is 0 Å². The molecule has 2 heterocycles. The molecule has 3 aromatic rings. The lowest BCUT2D eigenvalue weighted by Crippen LogP contribution is -2.77. The lowest BCUT2D eigenvalue weighted by molar-refractivity contribution is -0.144. The first kappa shape index (κ1) is 23.1. The smallest absolute Gasteiger partial charge is 0.433 e. The molecule has 3 saturated carbocycles. The number of pyridine rings is 1. The molecule has 3 aliphatic carbocycles. The second kappa shape index (κ2) is 8.21. The van der Waals surface area contributed by atoms with Crippen molar-refractivity contribution < 1.29 is 36.4 Å². The highest BCUT2D eigenvalue weighted by molar-refractivity contribution is 5.79. The van der Waals surface area contributed by atoms with Crippen molar-refractivity contribution in [2.75, 3.05) is 6.61 Å². The number of hydrogen-bond acceptors (Lipinski definition) is 7. The number of halogens is 4. The quantitative estimate of drug-likeness (QED) is 0.477. The molecule has 35 heavy (non-hydrogen) atoms. The Bertz CT molecular complexity index is 1240. The van der Waals surface area contributed by atoms with Gasteiger partial charge in [0.15, 0.2) is 13.2 Å². The number of aryl methyl sites for hydroxylation is 1. The molecule has 0 unspecified atom stereocenters. The Hall–Kier alpha value is -3.70. The minimum absolute atomic E-state index is 0.0918. The minimum atomic E-state index is -4.52. The second-order valence-corrected chi connectivity index (χ2v) is 9.02. The number of aromatic nitrogens is 3. The third-order valence-corrected chi connectivity index (χ3v) is 6.26. The van der Waals surface area contributed by atoms with Crippen LogP contribution in [0.1, 0.15) is 42.2 Å². The third kappa shape index (κ3) is 4.52. The van der Waals surface area contributed by atoms with Gasteiger partial charge in [-0.15, -0.1) is 0 Å². The van der Waals surface area contributed by atoms with E-state index in [0.717, 1.165) is 12.3 Å². The molecule has 3 fully saturated rings. The fourth-order valence-corrected chi connectivity index (χ4v) is 4.60. The zero-order valence-electron chi connectivity index (χ0n) is 18.5. The maximum atomic E-state index is 13.6. The van der Waals surface area contributed by atoms with Crippen LogP contribution in [0, 0.1) is 12.7 Å². The van der Waals surface area contributed by atoms with Gasteiger partial charge in [0, 0.05) is 11.6 Å². The van der Waals surface area contributed by atoms with Crippen molar-refractivity contribution in [1.82, 2.24) is 20.4 Å². The summed E-state index contributed by atoms with van der Waals surface area (Å²) < 4.78 is 67.5. The fraction of sp³-hybridized carbons (Fsp3) is 0.391. The van der Waals surface area contributed by atoms with Gasteiger partial charge in [0.05, 0.1) is 11.6 Å². The van der Waals surface area contributed by atoms with Crippen LogP contribution in [-0.2, 0) is 23.0 Å². The average molecular weight is 492 g/mol. The summed E-state index contributed by atoms with van der Waals surface area (Å²) in [5, 5.41) is 6.83. The Morgan fingerprint density at radius 1 is 1.14 bits per heavy atom. The second-order valence-electron chi connectivity index (χ2n) is 9.02. The summed E-state index contributed by atoms with van der Waals surface area (Å²) in [7, 11) is 0. The lowest BCUT2D eigenvalue weighted by Gasteiger charge is -2.68. The molecule has 2 bridgehead atoms. The van der Waals surface area contributed by atoms with Gasteiger partial charge in [0.1, 0.15) is 23.0 Å². The highest BCUT2D eigenvalue weighted by Gasteiger charge is 2.72. The monoisotopic (exact) mass is 492 g/mol. The van der Waals surface area contributed by atoms with E-state index >= 15 is 0 Å². The summed E-state index contributed by atoms with van der Waals surface area (Å²) in [6, 6.07) is 6.42. The van der Waals surface area contributed by atoms with Crippen molar-refractivity contribution >= 4 is 5.91 Å². The van der Waals surface area contributed by atoms with E-state index in [1.54, 1.807) is 19.1 Å². The normalized spacial score (nSPS) is 22.7. The van der Waals surface area contributed by atoms with Crippen molar-refractivity contribution in [2.45, 2.75) is 49.9 Å². The van der Waals surface area contributed by atoms with E-state index in [1.165, 1.54) is 12.1 Å². The zero-order valence-corrected chi connectivity index (χ0v) is 18.5. The molecule has 1 aromatic carbocycles. The largest absolute Gasteiger partial charge is 0.484 e. The van der Waals surface area contributed by atoms with Crippen LogP contribution in [0.5, 0.6) is 11.5 Å². The Labute approximate surface area is 196 Å². The van der Waals surface area contributed by atoms with E-state index in [-0.39, 0.29) is 47.4 Å². The van der Waals surface area contributed by atoms with Gasteiger partial charge in [0.25, 0.3) is 5.91 Å². The first-order chi connectivity index (χ1) is 16.6. The number of benzene rings is 1. The number of rotatable bonds is 8. The van der Waals surface area contributed by atoms with Gasteiger partial charge in [-0.25, -0.2) is 9.37 Å². The van der Waals surface area contributed by atoms with Crippen molar-refractivity contribution in [3.05, 3.63) is 65.3 Å². The van der Waals surface area contributed by atoms with Crippen LogP contribution < -0.4 is 14.8 Å². The number of hydrogen-bond donors (Lipinski definition) is 1. The molecule has 0 radical (unpaired) electrons. The molecule has 0 aliphatic heterocycles. The van der Waals surface area contributed by atoms with E-state index in [0.29, 0.717) is 30.7 Å². The first-order valence-electron chi connectivity index (χ1n) is 10.8. The highest BCUT2D eigenvalue weighted by atomic mass is 19.4. The maximum absolute atomic E-state index is 13.6. The molecule has 184 valence electrons. The predicted octanol–water partition coefficient (Wildman–Crippen LogP) is 3.88. The number of ether oxygens (including phenoxy) is 2. The summed E-state index contributed by atoms with van der Waals surface area (Å²) >= 11 is 0. The van der Waals surface area contributed by atoms with Crippen molar-refractivity contribution in [1.29, 1.82) is 0 Å². The number of amides is 1. The fourth-order valence-electron chi connectivity index (χ4n) is 4.60. The number of nitrogens with one attached hydrogen (secondary N) is 1. The molecule has 0 saturated heterocycles. The Balaban J connectivity index is 1.09. The van der Waals surface area contributed by atoms with Crippen LogP contribution in [0.3, 0.4) is 0 Å². The zero-order chi connectivity index (χ0) is 24.8. The van der Waals surface area contributed by atoms with Gasteiger partial charge in [-0.1, -0.05) is 11.2 Å². The Kier molecular flexibility index (Phi) is 5.41. The van der Waals surface area contributed by atoms with Gasteiger partial charge < -0.3 is 19.3 Å². The summed E-state index contributed by atoms with van der Waals surface area (Å²) in [5.74, 6) is 0.413. The standard InChI is InChI=1S/C23H20F4N4O4/c1-13-2-3-14(6-16(13)24)34-9-19(32)30-22-10-21(11-22,12-22)20-29-18(31-35-20)8-33-15-4-5-17(28-7-15)23(25,26)27/h2-7H,8-12H2,1H3,(H,30,32). The Morgan fingerprint density at radius 2 is 1.89 bits per heavy atom. The highest BCUT2D eigenvalue weighted by Crippen LogP contribution is 2.67. The molecule has 0 atom stereocenters. The topological polar surface area (TPSA) is 99.4 Å². The van der Waals surface area contributed by atoms with E-state index in [2.05, 4.69) is 20.4 Å². The lowest BCUT2D eigenvalue weighted by atomic mass is 9.39. The molecule has 1 N–H and O–H groups in total. The molecular weight excluding hydrogens is 472 g/mol. The SMILES string of the molecule is Cc1ccc(OCC(=O)NC23CC(c4nc(COc5ccc(C(F)(F)F)nc5)no4)(C2)C3)cc1F. The van der Waals surface area contributed by atoms with E-state index in [1.807, 2.05) is 0 Å². The predicted molar refractivity (Wildman–Crippen MR) is 111 cm³/mol. The molecule has 0 spiro atoms. The van der Waals surface area contributed by atoms with Crippen molar-refractivity contribution in [3.8, 4) is 11.5 Å². The van der Waals surface area contributed by atoms with Gasteiger partial charge in [-0.05, 0) is 49.9 Å². The number of alkyl halides is 3. The third-order valence-electron chi connectivity index (χ3n) is 6.26. The van der Waals surface area contributed by atoms with E-state index < -0.39 is 17.7 Å². The molecule has 6 rings (SSSR count). The summed E-state index contributed by atoms with van der Waals surface area (Å²) in [5.41, 5.74) is -1.17. The number of nitrogens with zero attached hydrogens (tertiary/aromatic N) is 3. The molecule has 2 aromatic heterocycles. The van der Waals surface area contributed by atoms with Crippen LogP contribution in [0.4, 0.5) is 17.6 Å². The molecule has 8 nitrogen and oxygen atoms in total. The summed E-state index contributed by atoms with van der Waals surface area (Å²) in [4.78, 5) is 19.9. The number of carbonyl (C=O) groups is 1. The van der Waals surface area contributed by atoms with Gasteiger partial charge in [0.2, 0.25) is 11.7 Å². The molecular formula is C23H20F4N4O4. The Morgan fingerprint density at radius 3 is 2.54 bits per heavy atom. The molecule has 1 amide bonds. The summed E-state index contributed by atoms with van der Waals surface area (Å²) in [6.45, 7) is 1.32.